The zero-order valence-corrected chi connectivity index (χ0v) is 29.6. The van der Waals surface area contributed by atoms with Gasteiger partial charge in [-0.2, -0.15) is 0 Å². The second-order valence-electron chi connectivity index (χ2n) is 13.0. The van der Waals surface area contributed by atoms with Crippen molar-refractivity contribution >= 4 is 28.6 Å². The molecule has 3 aromatic rings. The number of carbonyl (C=O) groups is 3. The number of nitrogens with one attached hydrogen (secondary N) is 2. The number of benzene rings is 2. The van der Waals surface area contributed by atoms with Gasteiger partial charge in [-0.15, -0.1) is 0 Å². The first kappa shape index (κ1) is 36.2. The van der Waals surface area contributed by atoms with Crippen molar-refractivity contribution in [3.05, 3.63) is 53.7 Å². The molecule has 0 spiro atoms. The molecule has 1 saturated heterocycles. The van der Waals surface area contributed by atoms with Crippen molar-refractivity contribution in [3.63, 3.8) is 0 Å². The van der Waals surface area contributed by atoms with E-state index in [9.17, 15) is 14.4 Å². The molecule has 1 saturated carbocycles. The molecule has 2 aliphatic rings. The fourth-order valence-electron chi connectivity index (χ4n) is 7.15. The van der Waals surface area contributed by atoms with E-state index >= 15 is 0 Å². The Morgan fingerprint density at radius 1 is 0.918 bits per heavy atom. The predicted octanol–water partition coefficient (Wildman–Crippen LogP) is 4.92. The summed E-state index contributed by atoms with van der Waals surface area (Å²) in [6.45, 7) is 11.9. The molecule has 266 valence electrons. The van der Waals surface area contributed by atoms with Crippen LogP contribution in [0.4, 0.5) is 0 Å². The van der Waals surface area contributed by atoms with E-state index in [2.05, 4.69) is 20.1 Å². The monoisotopic (exact) mass is 675 g/mol. The molecule has 1 atom stereocenters. The van der Waals surface area contributed by atoms with Gasteiger partial charge in [-0.1, -0.05) is 37.5 Å². The second kappa shape index (κ2) is 17.5. The SMILES string of the molecule is CCOc1cc(CN(C(C)=O)C(=O)C(Cc2c[nH]c3ccccc23)NC(=O)CN2CCN(C3CCCCC3)CC2)cc(OCC)c1OCC. The molecule has 3 amide bonds. The van der Waals surface area contributed by atoms with Gasteiger partial charge in [0.1, 0.15) is 6.04 Å². The fourth-order valence-corrected chi connectivity index (χ4v) is 7.15. The van der Waals surface area contributed by atoms with Crippen LogP contribution in [0.2, 0.25) is 0 Å². The molecule has 49 heavy (non-hydrogen) atoms. The Morgan fingerprint density at radius 3 is 2.20 bits per heavy atom. The van der Waals surface area contributed by atoms with Crippen molar-refractivity contribution in [3.8, 4) is 17.2 Å². The Labute approximate surface area is 290 Å². The maximum absolute atomic E-state index is 14.4. The van der Waals surface area contributed by atoms with Crippen LogP contribution in [0, 0.1) is 0 Å². The lowest BCUT2D eigenvalue weighted by Crippen LogP contribution is -2.55. The van der Waals surface area contributed by atoms with E-state index in [0.717, 1.165) is 42.6 Å². The highest BCUT2D eigenvalue weighted by Crippen LogP contribution is 2.39. The van der Waals surface area contributed by atoms with Gasteiger partial charge in [0.25, 0.3) is 5.91 Å². The van der Waals surface area contributed by atoms with Crippen molar-refractivity contribution in [2.45, 2.75) is 84.8 Å². The third kappa shape index (κ3) is 9.33. The summed E-state index contributed by atoms with van der Waals surface area (Å²) in [7, 11) is 0. The minimum Gasteiger partial charge on any atom is -0.490 e. The van der Waals surface area contributed by atoms with Crippen molar-refractivity contribution in [1.29, 1.82) is 0 Å². The van der Waals surface area contributed by atoms with Crippen LogP contribution < -0.4 is 19.5 Å². The van der Waals surface area contributed by atoms with Crippen molar-refractivity contribution in [2.24, 2.45) is 0 Å². The van der Waals surface area contributed by atoms with Crippen LogP contribution in [-0.2, 0) is 27.3 Å². The number of piperazine rings is 1. The number of rotatable bonds is 15. The van der Waals surface area contributed by atoms with Crippen molar-refractivity contribution in [1.82, 2.24) is 25.0 Å². The van der Waals surface area contributed by atoms with E-state index in [-0.39, 0.29) is 25.4 Å². The topological polar surface area (TPSA) is 116 Å². The van der Waals surface area contributed by atoms with Gasteiger partial charge >= 0.3 is 0 Å². The minimum atomic E-state index is -0.959. The van der Waals surface area contributed by atoms with Crippen molar-refractivity contribution < 1.29 is 28.6 Å². The number of nitrogens with zero attached hydrogens (tertiary/aromatic N) is 3. The number of para-hydroxylation sites is 1. The Bertz CT molecular complexity index is 1530. The Hall–Kier alpha value is -4.09. The molecule has 0 radical (unpaired) electrons. The summed E-state index contributed by atoms with van der Waals surface area (Å²) in [5.74, 6) is 0.317. The summed E-state index contributed by atoms with van der Waals surface area (Å²) in [4.78, 5) is 50.3. The first-order valence-corrected chi connectivity index (χ1v) is 18.0. The summed E-state index contributed by atoms with van der Waals surface area (Å²) in [5.41, 5.74) is 2.47. The normalized spacial score (nSPS) is 16.7. The van der Waals surface area contributed by atoms with Crippen LogP contribution in [0.3, 0.4) is 0 Å². The highest BCUT2D eigenvalue weighted by molar-refractivity contribution is 5.99. The zero-order valence-electron chi connectivity index (χ0n) is 29.6. The quantitative estimate of drug-likeness (QED) is 0.233. The number of aromatic amines is 1. The molecule has 2 N–H and O–H groups in total. The molecule has 1 aliphatic heterocycles. The number of ether oxygens (including phenoxy) is 3. The predicted molar refractivity (Wildman–Crippen MR) is 190 cm³/mol. The molecular weight excluding hydrogens is 622 g/mol. The second-order valence-corrected chi connectivity index (χ2v) is 13.0. The largest absolute Gasteiger partial charge is 0.490 e. The minimum absolute atomic E-state index is 0.0237. The summed E-state index contributed by atoms with van der Waals surface area (Å²) < 4.78 is 17.6. The lowest BCUT2D eigenvalue weighted by molar-refractivity contribution is -0.147. The van der Waals surface area contributed by atoms with Crippen LogP contribution in [0.15, 0.2) is 42.6 Å². The number of hydrogen-bond donors (Lipinski definition) is 2. The highest BCUT2D eigenvalue weighted by Gasteiger charge is 2.32. The third-order valence-electron chi connectivity index (χ3n) is 9.55. The molecule has 2 aromatic carbocycles. The number of imide groups is 1. The van der Waals surface area contributed by atoms with E-state index in [1.165, 1.54) is 43.9 Å². The smallest absolute Gasteiger partial charge is 0.252 e. The number of fused-ring (bicyclic) bond motifs is 1. The molecule has 0 bridgehead atoms. The van der Waals surface area contributed by atoms with Gasteiger partial charge in [-0.3, -0.25) is 29.1 Å². The van der Waals surface area contributed by atoms with Gasteiger partial charge in [-0.25, -0.2) is 0 Å². The Morgan fingerprint density at radius 2 is 1.57 bits per heavy atom. The molecule has 1 unspecified atom stereocenters. The maximum Gasteiger partial charge on any atom is 0.252 e. The summed E-state index contributed by atoms with van der Waals surface area (Å²) >= 11 is 0. The van der Waals surface area contributed by atoms with E-state index in [1.54, 1.807) is 12.1 Å². The van der Waals surface area contributed by atoms with E-state index in [1.807, 2.05) is 51.2 Å². The van der Waals surface area contributed by atoms with Gasteiger partial charge in [0, 0.05) is 62.7 Å². The number of aromatic nitrogens is 1. The van der Waals surface area contributed by atoms with Gasteiger partial charge in [0.05, 0.1) is 32.9 Å². The molecular formula is C38H53N5O6. The van der Waals surface area contributed by atoms with Crippen LogP contribution in [0.5, 0.6) is 17.2 Å². The van der Waals surface area contributed by atoms with E-state index in [4.69, 9.17) is 14.2 Å². The molecule has 2 fully saturated rings. The van der Waals surface area contributed by atoms with Crippen LogP contribution in [0.1, 0.15) is 70.9 Å². The van der Waals surface area contributed by atoms with E-state index < -0.39 is 17.9 Å². The van der Waals surface area contributed by atoms with Gasteiger partial charge < -0.3 is 24.5 Å². The zero-order chi connectivity index (χ0) is 34.8. The average molecular weight is 676 g/mol. The summed E-state index contributed by atoms with van der Waals surface area (Å²) in [6.07, 6.45) is 8.56. The average Bonchev–Trinajstić information content (AvgIpc) is 3.51. The van der Waals surface area contributed by atoms with Crippen molar-refractivity contribution in [2.75, 3.05) is 52.5 Å². The summed E-state index contributed by atoms with van der Waals surface area (Å²) in [6, 6.07) is 11.1. The first-order chi connectivity index (χ1) is 23.8. The molecule has 11 heteroatoms. The summed E-state index contributed by atoms with van der Waals surface area (Å²) in [5, 5.41) is 4.00. The number of H-pyrrole nitrogens is 1. The number of amides is 3. The van der Waals surface area contributed by atoms with Gasteiger partial charge in [-0.05, 0) is 62.9 Å². The Balaban J connectivity index is 1.35. The lowest BCUT2D eigenvalue weighted by Gasteiger charge is -2.40. The van der Waals surface area contributed by atoms with Crippen LogP contribution in [0.25, 0.3) is 10.9 Å². The molecule has 11 nitrogen and oxygen atoms in total. The third-order valence-corrected chi connectivity index (χ3v) is 9.55. The van der Waals surface area contributed by atoms with Gasteiger partial charge in [0.2, 0.25) is 17.6 Å². The van der Waals surface area contributed by atoms with Crippen LogP contribution in [-0.4, -0.2) is 102 Å². The van der Waals surface area contributed by atoms with Gasteiger partial charge in [0.15, 0.2) is 11.5 Å². The number of hydrogen-bond acceptors (Lipinski definition) is 8. The lowest BCUT2D eigenvalue weighted by atomic mass is 9.94. The van der Waals surface area contributed by atoms with Crippen LogP contribution >= 0.6 is 0 Å². The molecule has 1 aromatic heterocycles. The molecule has 2 heterocycles. The highest BCUT2D eigenvalue weighted by atomic mass is 16.5. The first-order valence-electron chi connectivity index (χ1n) is 18.0. The maximum atomic E-state index is 14.4. The Kier molecular flexibility index (Phi) is 13.0. The fraction of sp³-hybridized carbons (Fsp3) is 0.553. The van der Waals surface area contributed by atoms with E-state index in [0.29, 0.717) is 48.7 Å². The molecule has 5 rings (SSSR count). The number of carbonyl (C=O) groups excluding carboxylic acids is 3. The molecule has 1 aliphatic carbocycles. The standard InChI is InChI=1S/C38H53N5O6/c1-5-47-34-21-28(22-35(48-6-2)37(34)49-7-3)25-43(27(4)44)38(46)33(23-29-24-39-32-16-12-11-15-31(29)32)40-36(45)26-41-17-19-42(20-18-41)30-13-9-8-10-14-30/h11-12,15-16,21-22,24,30,33,39H,5-10,13-14,17-20,23,25-26H2,1-4H3,(H,40,45).